The number of carbonyl (C=O) groups is 2. The monoisotopic (exact) mass is 214 g/mol. The maximum Gasteiger partial charge on any atom is 0.246 e. The van der Waals surface area contributed by atoms with Crippen molar-refractivity contribution in [3.05, 3.63) is 12.2 Å². The Bertz CT molecular complexity index is 239. The number of rotatable bonds is 6. The molecule has 1 N–H and O–H groups in total. The van der Waals surface area contributed by atoms with Gasteiger partial charge in [-0.15, -0.1) is 0 Å². The Morgan fingerprint density at radius 1 is 1.47 bits per heavy atom. The zero-order valence-corrected chi connectivity index (χ0v) is 9.45. The second kappa shape index (κ2) is 7.99. The van der Waals surface area contributed by atoms with Gasteiger partial charge in [-0.25, -0.2) is 0 Å². The van der Waals surface area contributed by atoms with Crippen LogP contribution in [0, 0.1) is 0 Å². The van der Waals surface area contributed by atoms with Crippen molar-refractivity contribution in [2.45, 2.75) is 6.92 Å². The molecule has 0 saturated heterocycles. The van der Waals surface area contributed by atoms with Crippen LogP contribution in [-0.2, 0) is 14.3 Å². The van der Waals surface area contributed by atoms with E-state index < -0.39 is 0 Å². The van der Waals surface area contributed by atoms with E-state index in [1.165, 1.54) is 11.0 Å². The number of ether oxygens (including phenoxy) is 1. The van der Waals surface area contributed by atoms with Crippen LogP contribution in [0.25, 0.3) is 0 Å². The lowest BCUT2D eigenvalue weighted by atomic mass is 10.4. The molecule has 0 spiro atoms. The van der Waals surface area contributed by atoms with Crippen LogP contribution in [0.2, 0.25) is 0 Å². The van der Waals surface area contributed by atoms with Crippen molar-refractivity contribution in [2.75, 3.05) is 33.9 Å². The van der Waals surface area contributed by atoms with Crippen LogP contribution in [0.3, 0.4) is 0 Å². The van der Waals surface area contributed by atoms with E-state index in [2.05, 4.69) is 5.32 Å². The molecule has 0 aliphatic heterocycles. The molecular formula is C10H18N2O3. The molecule has 0 aromatic heterocycles. The molecular weight excluding hydrogens is 196 g/mol. The minimum atomic E-state index is -0.188. The minimum absolute atomic E-state index is 0.0624. The van der Waals surface area contributed by atoms with Crippen molar-refractivity contribution in [1.82, 2.24) is 10.2 Å². The summed E-state index contributed by atoms with van der Waals surface area (Å²) in [5.74, 6) is -0.369. The van der Waals surface area contributed by atoms with Crippen LogP contribution >= 0.6 is 0 Å². The van der Waals surface area contributed by atoms with Gasteiger partial charge in [0.1, 0.15) is 0 Å². The molecule has 0 rings (SSSR count). The molecule has 0 fully saturated rings. The smallest absolute Gasteiger partial charge is 0.246 e. The van der Waals surface area contributed by atoms with E-state index in [4.69, 9.17) is 4.74 Å². The van der Waals surface area contributed by atoms with Gasteiger partial charge in [0, 0.05) is 20.7 Å². The number of nitrogens with zero attached hydrogens (tertiary/aromatic N) is 1. The van der Waals surface area contributed by atoms with Gasteiger partial charge in [-0.05, 0) is 13.0 Å². The third-order valence-electron chi connectivity index (χ3n) is 1.69. The molecule has 0 unspecified atom stereocenters. The third kappa shape index (κ3) is 6.68. The number of allylic oxidation sites excluding steroid dienone is 1. The number of hydrogen-bond donors (Lipinski definition) is 1. The van der Waals surface area contributed by atoms with Crippen LogP contribution in [0.15, 0.2) is 12.2 Å². The Hall–Kier alpha value is -1.36. The zero-order chi connectivity index (χ0) is 11.7. The van der Waals surface area contributed by atoms with Gasteiger partial charge in [0.25, 0.3) is 0 Å². The average Bonchev–Trinajstić information content (AvgIpc) is 2.18. The summed E-state index contributed by atoms with van der Waals surface area (Å²) in [7, 11) is 3.14. The molecule has 5 nitrogen and oxygen atoms in total. The lowest BCUT2D eigenvalue weighted by Gasteiger charge is -2.14. The third-order valence-corrected chi connectivity index (χ3v) is 1.69. The largest absolute Gasteiger partial charge is 0.383 e. The first-order valence-corrected chi connectivity index (χ1v) is 4.75. The first kappa shape index (κ1) is 13.6. The van der Waals surface area contributed by atoms with Gasteiger partial charge in [0.15, 0.2) is 0 Å². The average molecular weight is 214 g/mol. The fraction of sp³-hybridized carbons (Fsp3) is 0.600. The van der Waals surface area contributed by atoms with Crippen molar-refractivity contribution in [2.24, 2.45) is 0 Å². The summed E-state index contributed by atoms with van der Waals surface area (Å²) in [6.45, 7) is 2.75. The summed E-state index contributed by atoms with van der Waals surface area (Å²) in [4.78, 5) is 23.8. The first-order chi connectivity index (χ1) is 7.11. The molecule has 0 bridgehead atoms. The minimum Gasteiger partial charge on any atom is -0.383 e. The summed E-state index contributed by atoms with van der Waals surface area (Å²) in [5.41, 5.74) is 0. The fourth-order valence-electron chi connectivity index (χ4n) is 0.912. The second-order valence-corrected chi connectivity index (χ2v) is 3.04. The first-order valence-electron chi connectivity index (χ1n) is 4.75. The molecule has 0 aromatic carbocycles. The Balaban J connectivity index is 3.80. The molecule has 0 aromatic rings. The van der Waals surface area contributed by atoms with E-state index in [9.17, 15) is 9.59 Å². The van der Waals surface area contributed by atoms with Gasteiger partial charge in [0.05, 0.1) is 13.2 Å². The summed E-state index contributed by atoms with van der Waals surface area (Å²) in [6, 6.07) is 0. The Morgan fingerprint density at radius 2 is 2.13 bits per heavy atom. The molecule has 15 heavy (non-hydrogen) atoms. The molecule has 0 aliphatic carbocycles. The highest BCUT2D eigenvalue weighted by molar-refractivity contribution is 5.90. The maximum atomic E-state index is 11.3. The van der Waals surface area contributed by atoms with Gasteiger partial charge >= 0.3 is 0 Å². The molecule has 0 aliphatic rings. The van der Waals surface area contributed by atoms with Crippen LogP contribution in [-0.4, -0.2) is 50.6 Å². The van der Waals surface area contributed by atoms with Gasteiger partial charge < -0.3 is 15.0 Å². The topological polar surface area (TPSA) is 58.6 Å². The highest BCUT2D eigenvalue weighted by atomic mass is 16.5. The number of likely N-dealkylation sites (N-methyl/N-ethyl adjacent to an activating group) is 1. The molecule has 0 atom stereocenters. The second-order valence-electron chi connectivity index (χ2n) is 3.04. The number of hydrogen-bond acceptors (Lipinski definition) is 3. The van der Waals surface area contributed by atoms with Gasteiger partial charge in [0.2, 0.25) is 11.8 Å². The van der Waals surface area contributed by atoms with Crippen molar-refractivity contribution in [1.29, 1.82) is 0 Å². The summed E-state index contributed by atoms with van der Waals surface area (Å²) >= 11 is 0. The fourth-order valence-corrected chi connectivity index (χ4v) is 0.912. The van der Waals surface area contributed by atoms with E-state index in [1.54, 1.807) is 27.2 Å². The Labute approximate surface area is 90.1 Å². The normalized spacial score (nSPS) is 10.3. The van der Waals surface area contributed by atoms with Gasteiger partial charge in [-0.2, -0.15) is 0 Å². The molecule has 2 amide bonds. The number of carbonyl (C=O) groups excluding carboxylic acids is 2. The van der Waals surface area contributed by atoms with Crippen LogP contribution in [0.1, 0.15) is 6.92 Å². The van der Waals surface area contributed by atoms with Crippen molar-refractivity contribution < 1.29 is 14.3 Å². The molecule has 0 radical (unpaired) electrons. The van der Waals surface area contributed by atoms with E-state index in [0.29, 0.717) is 13.2 Å². The molecule has 0 heterocycles. The highest BCUT2D eigenvalue weighted by Crippen LogP contribution is 1.86. The standard InChI is InChI=1S/C10H18N2O3/c1-4-5-10(14)12(2)8-9(13)11-6-7-15-3/h4-5H,6-8H2,1-3H3,(H,11,13). The van der Waals surface area contributed by atoms with E-state index in [0.717, 1.165) is 0 Å². The van der Waals surface area contributed by atoms with Gasteiger partial charge in [-0.3, -0.25) is 9.59 Å². The number of methoxy groups -OCH3 is 1. The molecule has 5 heteroatoms. The van der Waals surface area contributed by atoms with Crippen molar-refractivity contribution in [3.63, 3.8) is 0 Å². The number of nitrogens with one attached hydrogen (secondary N) is 1. The SMILES string of the molecule is CC=CC(=O)N(C)CC(=O)NCCOC. The predicted molar refractivity (Wildman–Crippen MR) is 57.3 cm³/mol. The lowest BCUT2D eigenvalue weighted by molar-refractivity contribution is -0.131. The Kier molecular flexibility index (Phi) is 7.27. The van der Waals surface area contributed by atoms with Gasteiger partial charge in [-0.1, -0.05) is 6.08 Å². The van der Waals surface area contributed by atoms with E-state index in [-0.39, 0.29) is 18.4 Å². The summed E-state index contributed by atoms with van der Waals surface area (Å²) < 4.78 is 4.78. The van der Waals surface area contributed by atoms with E-state index >= 15 is 0 Å². The van der Waals surface area contributed by atoms with Crippen LogP contribution < -0.4 is 5.32 Å². The van der Waals surface area contributed by atoms with Crippen molar-refractivity contribution >= 4 is 11.8 Å². The maximum absolute atomic E-state index is 11.3. The van der Waals surface area contributed by atoms with Crippen LogP contribution in [0.5, 0.6) is 0 Å². The van der Waals surface area contributed by atoms with Crippen molar-refractivity contribution in [3.8, 4) is 0 Å². The lowest BCUT2D eigenvalue weighted by Crippen LogP contribution is -2.38. The predicted octanol–water partition coefficient (Wildman–Crippen LogP) is -0.216. The quantitative estimate of drug-likeness (QED) is 0.491. The number of amides is 2. The molecule has 0 saturated carbocycles. The molecule has 86 valence electrons. The summed E-state index contributed by atoms with van der Waals surface area (Å²) in [6.07, 6.45) is 3.06. The summed E-state index contributed by atoms with van der Waals surface area (Å²) in [5, 5.41) is 2.63. The van der Waals surface area contributed by atoms with E-state index in [1.807, 2.05) is 0 Å². The zero-order valence-electron chi connectivity index (χ0n) is 9.45. The highest BCUT2D eigenvalue weighted by Gasteiger charge is 2.09. The van der Waals surface area contributed by atoms with Crippen LogP contribution in [0.4, 0.5) is 0 Å². The Morgan fingerprint density at radius 3 is 2.67 bits per heavy atom.